The summed E-state index contributed by atoms with van der Waals surface area (Å²) in [5.41, 5.74) is 3.05. The maximum Gasteiger partial charge on any atom is 0.269 e. The van der Waals surface area contributed by atoms with Crippen molar-refractivity contribution in [2.75, 3.05) is 5.75 Å². The van der Waals surface area contributed by atoms with E-state index in [0.717, 1.165) is 34.4 Å². The highest BCUT2D eigenvalue weighted by Crippen LogP contribution is 2.48. The van der Waals surface area contributed by atoms with Crippen LogP contribution in [0.25, 0.3) is 5.69 Å². The minimum absolute atomic E-state index is 0.0278. The van der Waals surface area contributed by atoms with Crippen LogP contribution in [-0.4, -0.2) is 36.3 Å². The van der Waals surface area contributed by atoms with Crippen LogP contribution >= 0.6 is 11.8 Å². The average molecular weight is 420 g/mol. The largest absolute Gasteiger partial charge is 0.337 e. The summed E-state index contributed by atoms with van der Waals surface area (Å²) in [6.07, 6.45) is 4.87. The highest BCUT2D eigenvalue weighted by Gasteiger charge is 2.46. The van der Waals surface area contributed by atoms with Crippen molar-refractivity contribution in [2.24, 2.45) is 4.99 Å². The molecular formula is C22H21N5O2S. The van der Waals surface area contributed by atoms with Gasteiger partial charge in [-0.3, -0.25) is 20.1 Å². The van der Waals surface area contributed by atoms with Crippen molar-refractivity contribution < 1.29 is 4.92 Å². The van der Waals surface area contributed by atoms with Gasteiger partial charge in [0.2, 0.25) is 0 Å². The first-order valence-corrected chi connectivity index (χ1v) is 11.0. The number of non-ortho nitro benzene ring substituents is 1. The van der Waals surface area contributed by atoms with Crippen molar-refractivity contribution >= 4 is 22.6 Å². The van der Waals surface area contributed by atoms with Crippen molar-refractivity contribution in [2.45, 2.75) is 31.5 Å². The lowest BCUT2D eigenvalue weighted by molar-refractivity contribution is -0.384. The molecule has 0 saturated carbocycles. The molecule has 2 aliphatic heterocycles. The van der Waals surface area contributed by atoms with E-state index in [-0.39, 0.29) is 22.7 Å². The summed E-state index contributed by atoms with van der Waals surface area (Å²) >= 11 is 1.82. The molecule has 1 fully saturated rings. The zero-order valence-corrected chi connectivity index (χ0v) is 17.3. The van der Waals surface area contributed by atoms with Crippen LogP contribution in [0.2, 0.25) is 0 Å². The van der Waals surface area contributed by atoms with Crippen LogP contribution < -0.4 is 0 Å². The van der Waals surface area contributed by atoms with Gasteiger partial charge in [0.25, 0.3) is 5.69 Å². The summed E-state index contributed by atoms with van der Waals surface area (Å²) in [5, 5.41) is 12.1. The average Bonchev–Trinajstić information content (AvgIpc) is 3.49. The van der Waals surface area contributed by atoms with Crippen LogP contribution in [0.1, 0.15) is 36.8 Å². The number of aromatic nitrogens is 2. The maximum atomic E-state index is 11.0. The molecule has 0 amide bonds. The van der Waals surface area contributed by atoms with Crippen LogP contribution in [0.15, 0.2) is 72.0 Å². The van der Waals surface area contributed by atoms with Crippen LogP contribution in [0.4, 0.5) is 5.69 Å². The van der Waals surface area contributed by atoms with E-state index in [1.165, 1.54) is 0 Å². The predicted octanol–water partition coefficient (Wildman–Crippen LogP) is 4.76. The number of hydrogen-bond donors (Lipinski definition) is 0. The summed E-state index contributed by atoms with van der Waals surface area (Å²) in [4.78, 5) is 22.8. The minimum atomic E-state index is -0.373. The molecule has 4 heterocycles. The Morgan fingerprint density at radius 3 is 2.70 bits per heavy atom. The number of benzene rings is 1. The molecule has 2 aromatic heterocycles. The van der Waals surface area contributed by atoms with Gasteiger partial charge in [-0.15, -0.1) is 0 Å². The van der Waals surface area contributed by atoms with Crippen molar-refractivity contribution in [3.05, 3.63) is 88.5 Å². The molecule has 8 heteroatoms. The number of amidine groups is 1. The molecule has 3 aromatic rings. The molecule has 30 heavy (non-hydrogen) atoms. The van der Waals surface area contributed by atoms with Gasteiger partial charge in [-0.2, -0.15) is 0 Å². The number of rotatable bonds is 5. The Hall–Kier alpha value is -3.13. The summed E-state index contributed by atoms with van der Waals surface area (Å²) in [6, 6.07) is 17.2. The first kappa shape index (κ1) is 18.9. The molecule has 0 spiro atoms. The monoisotopic (exact) mass is 419 g/mol. The fourth-order valence-electron chi connectivity index (χ4n) is 4.28. The summed E-state index contributed by atoms with van der Waals surface area (Å²) in [5.74, 6) is 1.04. The van der Waals surface area contributed by atoms with E-state index in [2.05, 4.69) is 27.4 Å². The zero-order valence-electron chi connectivity index (χ0n) is 16.5. The third-order valence-electron chi connectivity index (χ3n) is 5.75. The number of nitro groups is 1. The Bertz CT molecular complexity index is 1100. The number of aliphatic imine (C=N–C) groups is 1. The standard InChI is InChI=1S/C22H21N5O2S/c1-2-15-14-30-22-24-20(18-6-3-4-12-23-18)21(26(15)22)19-7-5-13-25(19)16-8-10-17(11-9-16)27(28)29/h3-13,15,20-21H,2,14H2,1H3/t15-,20+,21+/m1/s1. The van der Waals surface area contributed by atoms with Gasteiger partial charge in [-0.05, 0) is 42.8 Å². The second kappa shape index (κ2) is 7.60. The van der Waals surface area contributed by atoms with E-state index in [4.69, 9.17) is 4.99 Å². The molecule has 0 unspecified atom stereocenters. The van der Waals surface area contributed by atoms with Gasteiger partial charge in [0.1, 0.15) is 12.1 Å². The van der Waals surface area contributed by atoms with Crippen LogP contribution in [0.3, 0.4) is 0 Å². The van der Waals surface area contributed by atoms with Gasteiger partial charge in [-0.1, -0.05) is 24.8 Å². The number of nitrogens with zero attached hydrogens (tertiary/aromatic N) is 5. The molecule has 2 aliphatic rings. The van der Waals surface area contributed by atoms with E-state index < -0.39 is 0 Å². The number of fused-ring (bicyclic) bond motifs is 1. The van der Waals surface area contributed by atoms with Crippen molar-refractivity contribution in [3.8, 4) is 5.69 Å². The first-order chi connectivity index (χ1) is 14.7. The first-order valence-electron chi connectivity index (χ1n) is 9.99. The second-order valence-corrected chi connectivity index (χ2v) is 8.40. The molecule has 1 aromatic carbocycles. The smallest absolute Gasteiger partial charge is 0.269 e. The minimum Gasteiger partial charge on any atom is -0.337 e. The van der Waals surface area contributed by atoms with Crippen molar-refractivity contribution in [1.82, 2.24) is 14.5 Å². The van der Waals surface area contributed by atoms with Crippen molar-refractivity contribution in [3.63, 3.8) is 0 Å². The summed E-state index contributed by atoms with van der Waals surface area (Å²) in [6.45, 7) is 2.22. The molecule has 7 nitrogen and oxygen atoms in total. The quantitative estimate of drug-likeness (QED) is 0.440. The number of nitro benzene ring substituents is 1. The molecule has 1 saturated heterocycles. The molecule has 152 valence electrons. The molecule has 5 rings (SSSR count). The van der Waals surface area contributed by atoms with Gasteiger partial charge in [0.05, 0.1) is 10.6 Å². The van der Waals surface area contributed by atoms with E-state index in [1.54, 1.807) is 24.3 Å². The molecule has 0 bridgehead atoms. The topological polar surface area (TPSA) is 76.6 Å². The molecule has 3 atom stereocenters. The van der Waals surface area contributed by atoms with Gasteiger partial charge in [-0.25, -0.2) is 0 Å². The Morgan fingerprint density at radius 1 is 1.17 bits per heavy atom. The highest BCUT2D eigenvalue weighted by atomic mass is 32.2. The number of pyridine rings is 1. The third kappa shape index (κ3) is 3.08. The van der Waals surface area contributed by atoms with E-state index in [9.17, 15) is 10.1 Å². The fourth-order valence-corrected chi connectivity index (χ4v) is 5.61. The van der Waals surface area contributed by atoms with Gasteiger partial charge in [0, 0.05) is 47.7 Å². The van der Waals surface area contributed by atoms with Gasteiger partial charge < -0.3 is 9.47 Å². The lowest BCUT2D eigenvalue weighted by Gasteiger charge is -2.32. The van der Waals surface area contributed by atoms with Crippen LogP contribution in [-0.2, 0) is 0 Å². The van der Waals surface area contributed by atoms with E-state index in [0.29, 0.717) is 6.04 Å². The number of hydrogen-bond acceptors (Lipinski definition) is 6. The maximum absolute atomic E-state index is 11.0. The molecule has 0 N–H and O–H groups in total. The van der Waals surface area contributed by atoms with Gasteiger partial charge >= 0.3 is 0 Å². The van der Waals surface area contributed by atoms with Crippen LogP contribution in [0, 0.1) is 10.1 Å². The van der Waals surface area contributed by atoms with Crippen molar-refractivity contribution in [1.29, 1.82) is 0 Å². The van der Waals surface area contributed by atoms with Crippen LogP contribution in [0.5, 0.6) is 0 Å². The number of thioether (sulfide) groups is 1. The van der Waals surface area contributed by atoms with E-state index >= 15 is 0 Å². The summed E-state index contributed by atoms with van der Waals surface area (Å²) in [7, 11) is 0. The fraction of sp³-hybridized carbons (Fsp3) is 0.273. The van der Waals surface area contributed by atoms with E-state index in [1.807, 2.05) is 48.4 Å². The zero-order chi connectivity index (χ0) is 20.7. The normalized spacial score (nSPS) is 22.8. The lowest BCUT2D eigenvalue weighted by Crippen LogP contribution is -2.36. The SMILES string of the molecule is CC[C@@H]1CSC2=N[C@@H](c3ccccn3)[C@H](c3cccn3-c3ccc([N+](=O)[O-])cc3)N21. The molecule has 0 radical (unpaired) electrons. The lowest BCUT2D eigenvalue weighted by atomic mass is 9.99. The second-order valence-electron chi connectivity index (χ2n) is 7.41. The Morgan fingerprint density at radius 2 is 2.00 bits per heavy atom. The van der Waals surface area contributed by atoms with Gasteiger partial charge in [0.15, 0.2) is 5.17 Å². The Kier molecular flexibility index (Phi) is 4.78. The molecule has 0 aliphatic carbocycles. The Labute approximate surface area is 178 Å². The third-order valence-corrected chi connectivity index (χ3v) is 6.88. The highest BCUT2D eigenvalue weighted by molar-refractivity contribution is 8.14. The Balaban J connectivity index is 1.59. The predicted molar refractivity (Wildman–Crippen MR) is 118 cm³/mol. The summed E-state index contributed by atoms with van der Waals surface area (Å²) < 4.78 is 2.11. The molecular weight excluding hydrogens is 398 g/mol.